The van der Waals surface area contributed by atoms with Crippen molar-refractivity contribution in [2.24, 2.45) is 10.9 Å². The number of unbranched alkanes of at least 4 members (excludes halogenated alkanes) is 1. The van der Waals surface area contributed by atoms with Gasteiger partial charge in [0.05, 0.1) is 6.54 Å². The van der Waals surface area contributed by atoms with E-state index in [0.717, 1.165) is 30.0 Å². The molecule has 0 aromatic carbocycles. The summed E-state index contributed by atoms with van der Waals surface area (Å²) in [6.45, 7) is 9.96. The standard InChI is InChI=1S/C17H31N5S.HI/c1-14-6-10-22(11-7-14)9-5-4-8-19-17(18-3)21-13-16-20-12-15(2)23-16;/h12,14H,4-11,13H2,1-3H3,(H2,18,19,21);1H. The Balaban J connectivity index is 0.00000288. The Morgan fingerprint density at radius 3 is 2.71 bits per heavy atom. The first-order chi connectivity index (χ1) is 11.2. The Kier molecular flexibility index (Phi) is 10.8. The monoisotopic (exact) mass is 465 g/mol. The molecule has 1 aromatic rings. The number of aliphatic imine (C=N–C) groups is 1. The number of nitrogens with zero attached hydrogens (tertiary/aromatic N) is 3. The van der Waals surface area contributed by atoms with E-state index in [1.807, 2.05) is 13.2 Å². The van der Waals surface area contributed by atoms with Gasteiger partial charge in [0.25, 0.3) is 0 Å². The summed E-state index contributed by atoms with van der Waals surface area (Å²) in [5.41, 5.74) is 0. The minimum Gasteiger partial charge on any atom is -0.356 e. The molecule has 24 heavy (non-hydrogen) atoms. The van der Waals surface area contributed by atoms with E-state index in [9.17, 15) is 0 Å². The minimum atomic E-state index is 0. The van der Waals surface area contributed by atoms with Crippen LogP contribution in [0.2, 0.25) is 0 Å². The molecule has 0 spiro atoms. The largest absolute Gasteiger partial charge is 0.356 e. The first kappa shape index (κ1) is 21.6. The van der Waals surface area contributed by atoms with Crippen LogP contribution >= 0.6 is 35.3 Å². The van der Waals surface area contributed by atoms with Crippen molar-refractivity contribution >= 4 is 41.3 Å². The van der Waals surface area contributed by atoms with Gasteiger partial charge in [-0.3, -0.25) is 4.99 Å². The van der Waals surface area contributed by atoms with E-state index in [-0.39, 0.29) is 24.0 Å². The molecule has 1 aliphatic heterocycles. The average molecular weight is 465 g/mol. The lowest BCUT2D eigenvalue weighted by Crippen LogP contribution is -2.38. The predicted molar refractivity (Wildman–Crippen MR) is 115 cm³/mol. The molecule has 0 unspecified atom stereocenters. The normalized spacial score (nSPS) is 16.7. The van der Waals surface area contributed by atoms with Crippen molar-refractivity contribution in [1.82, 2.24) is 20.5 Å². The van der Waals surface area contributed by atoms with Crippen LogP contribution in [0.1, 0.15) is 42.5 Å². The van der Waals surface area contributed by atoms with Crippen LogP contribution in [0.5, 0.6) is 0 Å². The molecule has 1 aliphatic rings. The van der Waals surface area contributed by atoms with Gasteiger partial charge in [-0.2, -0.15) is 0 Å². The van der Waals surface area contributed by atoms with Crippen LogP contribution in [0.25, 0.3) is 0 Å². The quantitative estimate of drug-likeness (QED) is 0.281. The van der Waals surface area contributed by atoms with Crippen molar-refractivity contribution in [3.05, 3.63) is 16.1 Å². The third-order valence-electron chi connectivity index (χ3n) is 4.37. The van der Waals surface area contributed by atoms with E-state index in [4.69, 9.17) is 0 Å². The van der Waals surface area contributed by atoms with Crippen LogP contribution < -0.4 is 10.6 Å². The highest BCUT2D eigenvalue weighted by Crippen LogP contribution is 2.16. The number of hydrogen-bond acceptors (Lipinski definition) is 4. The molecule has 0 aliphatic carbocycles. The maximum absolute atomic E-state index is 4.36. The van der Waals surface area contributed by atoms with Gasteiger partial charge < -0.3 is 15.5 Å². The van der Waals surface area contributed by atoms with Crippen LogP contribution in [-0.2, 0) is 6.54 Å². The maximum Gasteiger partial charge on any atom is 0.191 e. The highest BCUT2D eigenvalue weighted by Gasteiger charge is 2.14. The third-order valence-corrected chi connectivity index (χ3v) is 5.28. The molecular formula is C17H32IN5S. The second-order valence-corrected chi connectivity index (χ2v) is 7.77. The highest BCUT2D eigenvalue weighted by molar-refractivity contribution is 14.0. The fourth-order valence-corrected chi connectivity index (χ4v) is 3.54. The molecule has 1 aromatic heterocycles. The molecule has 7 heteroatoms. The molecule has 1 saturated heterocycles. The summed E-state index contributed by atoms with van der Waals surface area (Å²) in [7, 11) is 1.82. The number of guanidine groups is 1. The SMILES string of the molecule is CN=C(NCCCCN1CCC(C)CC1)NCc1ncc(C)s1.I. The molecule has 2 N–H and O–H groups in total. The lowest BCUT2D eigenvalue weighted by Gasteiger charge is -2.30. The zero-order valence-corrected chi connectivity index (χ0v) is 18.3. The minimum absolute atomic E-state index is 0. The van der Waals surface area contributed by atoms with Crippen molar-refractivity contribution in [3.63, 3.8) is 0 Å². The van der Waals surface area contributed by atoms with E-state index < -0.39 is 0 Å². The predicted octanol–water partition coefficient (Wildman–Crippen LogP) is 3.25. The molecule has 0 bridgehead atoms. The van der Waals surface area contributed by atoms with Gasteiger partial charge in [-0.05, 0) is 58.2 Å². The fourth-order valence-electron chi connectivity index (χ4n) is 2.82. The number of nitrogens with one attached hydrogen (secondary N) is 2. The lowest BCUT2D eigenvalue weighted by molar-refractivity contribution is 0.189. The van der Waals surface area contributed by atoms with E-state index in [1.165, 1.54) is 50.2 Å². The van der Waals surface area contributed by atoms with Crippen molar-refractivity contribution in [3.8, 4) is 0 Å². The van der Waals surface area contributed by atoms with Crippen molar-refractivity contribution in [1.29, 1.82) is 0 Å². The summed E-state index contributed by atoms with van der Waals surface area (Å²) < 4.78 is 0. The first-order valence-corrected chi connectivity index (χ1v) is 9.57. The summed E-state index contributed by atoms with van der Waals surface area (Å²) in [6, 6.07) is 0. The third kappa shape index (κ3) is 8.11. The Bertz CT molecular complexity index is 483. The van der Waals surface area contributed by atoms with Gasteiger partial charge in [-0.15, -0.1) is 35.3 Å². The molecule has 5 nitrogen and oxygen atoms in total. The summed E-state index contributed by atoms with van der Waals surface area (Å²) in [4.78, 5) is 12.5. The number of hydrogen-bond donors (Lipinski definition) is 2. The van der Waals surface area contributed by atoms with Crippen molar-refractivity contribution in [2.45, 2.75) is 46.1 Å². The number of aryl methyl sites for hydroxylation is 1. The Morgan fingerprint density at radius 1 is 1.33 bits per heavy atom. The van der Waals surface area contributed by atoms with Gasteiger partial charge in [0.1, 0.15) is 5.01 Å². The lowest BCUT2D eigenvalue weighted by atomic mass is 9.99. The number of likely N-dealkylation sites (tertiary alicyclic amines) is 1. The number of piperidine rings is 1. The van der Waals surface area contributed by atoms with Crippen LogP contribution in [0, 0.1) is 12.8 Å². The second-order valence-electron chi connectivity index (χ2n) is 6.45. The summed E-state index contributed by atoms with van der Waals surface area (Å²) in [5, 5.41) is 7.81. The highest BCUT2D eigenvalue weighted by atomic mass is 127. The van der Waals surface area contributed by atoms with Gasteiger partial charge in [0.15, 0.2) is 5.96 Å². The van der Waals surface area contributed by atoms with Crippen LogP contribution in [0.3, 0.4) is 0 Å². The van der Waals surface area contributed by atoms with Crippen LogP contribution in [0.15, 0.2) is 11.2 Å². The number of rotatable bonds is 7. The Morgan fingerprint density at radius 2 is 2.08 bits per heavy atom. The number of thiazole rings is 1. The van der Waals surface area contributed by atoms with Crippen LogP contribution in [0.4, 0.5) is 0 Å². The summed E-state index contributed by atoms with van der Waals surface area (Å²) in [6.07, 6.45) is 7.09. The Labute approximate surface area is 167 Å². The molecule has 0 saturated carbocycles. The average Bonchev–Trinajstić information content (AvgIpc) is 2.97. The van der Waals surface area contributed by atoms with Gasteiger partial charge in [-0.1, -0.05) is 6.92 Å². The molecule has 0 atom stereocenters. The maximum atomic E-state index is 4.36. The fraction of sp³-hybridized carbons (Fsp3) is 0.765. The molecule has 0 radical (unpaired) electrons. The molecule has 138 valence electrons. The first-order valence-electron chi connectivity index (χ1n) is 8.75. The number of aromatic nitrogens is 1. The molecule has 0 amide bonds. The molecule has 1 fully saturated rings. The zero-order valence-electron chi connectivity index (χ0n) is 15.2. The number of halogens is 1. The molecular weight excluding hydrogens is 433 g/mol. The summed E-state index contributed by atoms with van der Waals surface area (Å²) >= 11 is 1.73. The second kappa shape index (κ2) is 12.0. The zero-order chi connectivity index (χ0) is 16.5. The van der Waals surface area contributed by atoms with Gasteiger partial charge in [-0.25, -0.2) is 4.98 Å². The Hall–Kier alpha value is -0.410. The smallest absolute Gasteiger partial charge is 0.191 e. The van der Waals surface area contributed by atoms with E-state index in [1.54, 1.807) is 11.3 Å². The van der Waals surface area contributed by atoms with E-state index in [0.29, 0.717) is 0 Å². The molecule has 2 rings (SSSR count). The van der Waals surface area contributed by atoms with Gasteiger partial charge >= 0.3 is 0 Å². The van der Waals surface area contributed by atoms with E-state index >= 15 is 0 Å². The van der Waals surface area contributed by atoms with Gasteiger partial charge in [0, 0.05) is 24.7 Å². The van der Waals surface area contributed by atoms with E-state index in [2.05, 4.69) is 39.4 Å². The summed E-state index contributed by atoms with van der Waals surface area (Å²) in [5.74, 6) is 1.79. The topological polar surface area (TPSA) is 52.6 Å². The van der Waals surface area contributed by atoms with Crippen molar-refractivity contribution in [2.75, 3.05) is 33.2 Å². The van der Waals surface area contributed by atoms with Crippen LogP contribution in [-0.4, -0.2) is 49.1 Å². The van der Waals surface area contributed by atoms with Crippen molar-refractivity contribution < 1.29 is 0 Å². The molecule has 2 heterocycles. The van der Waals surface area contributed by atoms with Gasteiger partial charge in [0.2, 0.25) is 0 Å².